The van der Waals surface area contributed by atoms with Gasteiger partial charge in [-0.2, -0.15) is 0 Å². The first-order valence-electron chi connectivity index (χ1n) is 5.81. The van der Waals surface area contributed by atoms with Crippen LogP contribution in [0.15, 0.2) is 48.7 Å². The highest BCUT2D eigenvalue weighted by atomic mass is 35.5. The lowest BCUT2D eigenvalue weighted by Gasteiger charge is -2.00. The Hall–Kier alpha value is -2.13. The molecule has 0 spiro atoms. The van der Waals surface area contributed by atoms with Crippen molar-refractivity contribution in [1.29, 1.82) is 0 Å². The Morgan fingerprint density at radius 1 is 1.32 bits per heavy atom. The minimum Gasteiger partial charge on any atom is -0.307 e. The van der Waals surface area contributed by atoms with E-state index >= 15 is 0 Å². The second-order valence-electron chi connectivity index (χ2n) is 4.10. The lowest BCUT2D eigenvalue weighted by Crippen LogP contribution is -2.08. The van der Waals surface area contributed by atoms with E-state index in [1.807, 2.05) is 31.2 Å². The molecule has 0 radical (unpaired) electrons. The molecule has 0 unspecified atom stereocenters. The van der Waals surface area contributed by atoms with E-state index in [0.717, 1.165) is 11.1 Å². The van der Waals surface area contributed by atoms with Crippen LogP contribution in [0, 0.1) is 6.92 Å². The molecule has 0 saturated heterocycles. The summed E-state index contributed by atoms with van der Waals surface area (Å²) in [5.41, 5.74) is 2.14. The number of halogens is 1. The minimum absolute atomic E-state index is 0.226. The molecule has 2 rings (SSSR count). The van der Waals surface area contributed by atoms with Gasteiger partial charge < -0.3 is 5.32 Å². The molecule has 1 N–H and O–H groups in total. The number of anilines is 1. The van der Waals surface area contributed by atoms with Crippen LogP contribution in [0.2, 0.25) is 5.02 Å². The first-order chi connectivity index (χ1) is 9.13. The highest BCUT2D eigenvalue weighted by Crippen LogP contribution is 2.10. The van der Waals surface area contributed by atoms with Gasteiger partial charge in [0.15, 0.2) is 0 Å². The first-order valence-corrected chi connectivity index (χ1v) is 6.18. The van der Waals surface area contributed by atoms with Gasteiger partial charge in [0, 0.05) is 12.3 Å². The Kier molecular flexibility index (Phi) is 4.31. The molecule has 19 heavy (non-hydrogen) atoms. The number of carbonyl (C=O) groups is 1. The molecule has 96 valence electrons. The zero-order valence-corrected chi connectivity index (χ0v) is 11.2. The molecule has 1 heterocycles. The van der Waals surface area contributed by atoms with Gasteiger partial charge in [-0.15, -0.1) is 0 Å². The molecule has 0 saturated carbocycles. The number of hydrogen-bond donors (Lipinski definition) is 1. The lowest BCUT2D eigenvalue weighted by molar-refractivity contribution is -0.111. The highest BCUT2D eigenvalue weighted by molar-refractivity contribution is 6.30. The quantitative estimate of drug-likeness (QED) is 0.866. The van der Waals surface area contributed by atoms with Gasteiger partial charge in [-0.25, -0.2) is 4.98 Å². The molecule has 0 aliphatic carbocycles. The van der Waals surface area contributed by atoms with E-state index in [4.69, 9.17) is 11.6 Å². The summed E-state index contributed by atoms with van der Waals surface area (Å²) in [5, 5.41) is 3.19. The van der Waals surface area contributed by atoms with Crippen LogP contribution < -0.4 is 5.32 Å². The summed E-state index contributed by atoms with van der Waals surface area (Å²) in [6.07, 6.45) is 4.73. The normalized spacial score (nSPS) is 10.6. The zero-order chi connectivity index (χ0) is 13.7. The second kappa shape index (κ2) is 6.16. The van der Waals surface area contributed by atoms with Crippen LogP contribution in [0.3, 0.4) is 0 Å². The maximum Gasteiger partial charge on any atom is 0.249 e. The Balaban J connectivity index is 1.99. The fourth-order valence-corrected chi connectivity index (χ4v) is 1.68. The van der Waals surface area contributed by atoms with Gasteiger partial charge in [-0.1, -0.05) is 41.4 Å². The minimum atomic E-state index is -0.226. The monoisotopic (exact) mass is 272 g/mol. The van der Waals surface area contributed by atoms with Crippen molar-refractivity contribution < 1.29 is 4.79 Å². The molecule has 0 aliphatic rings. The highest BCUT2D eigenvalue weighted by Gasteiger charge is 1.98. The van der Waals surface area contributed by atoms with Crippen molar-refractivity contribution in [1.82, 2.24) is 4.98 Å². The summed E-state index contributed by atoms with van der Waals surface area (Å²) in [5.74, 6) is 0.250. The molecule has 0 bridgehead atoms. The lowest BCUT2D eigenvalue weighted by atomic mass is 10.1. The van der Waals surface area contributed by atoms with Crippen molar-refractivity contribution in [3.8, 4) is 0 Å². The molecule has 0 aliphatic heterocycles. The maximum absolute atomic E-state index is 11.7. The van der Waals surface area contributed by atoms with E-state index in [1.54, 1.807) is 18.2 Å². The van der Waals surface area contributed by atoms with Gasteiger partial charge >= 0.3 is 0 Å². The van der Waals surface area contributed by atoms with Gasteiger partial charge in [0.1, 0.15) is 5.82 Å². The predicted molar refractivity (Wildman–Crippen MR) is 78.1 cm³/mol. The van der Waals surface area contributed by atoms with Crippen LogP contribution >= 0.6 is 11.6 Å². The van der Waals surface area contributed by atoms with Crippen LogP contribution in [-0.4, -0.2) is 10.9 Å². The van der Waals surface area contributed by atoms with E-state index < -0.39 is 0 Å². The van der Waals surface area contributed by atoms with Crippen molar-refractivity contribution in [2.24, 2.45) is 0 Å². The number of rotatable bonds is 3. The van der Waals surface area contributed by atoms with Gasteiger partial charge in [-0.3, -0.25) is 4.79 Å². The van der Waals surface area contributed by atoms with E-state index in [9.17, 15) is 4.79 Å². The van der Waals surface area contributed by atoms with Crippen LogP contribution in [0.1, 0.15) is 11.1 Å². The zero-order valence-electron chi connectivity index (χ0n) is 10.4. The number of nitrogens with one attached hydrogen (secondary N) is 1. The number of pyridine rings is 1. The molecule has 4 heteroatoms. The summed E-state index contributed by atoms with van der Waals surface area (Å²) in [4.78, 5) is 15.7. The summed E-state index contributed by atoms with van der Waals surface area (Å²) in [6, 6.07) is 11.2. The summed E-state index contributed by atoms with van der Waals surface area (Å²) < 4.78 is 0. The Morgan fingerprint density at radius 3 is 2.84 bits per heavy atom. The van der Waals surface area contributed by atoms with Crippen molar-refractivity contribution >= 4 is 29.4 Å². The summed E-state index contributed by atoms with van der Waals surface area (Å²) in [6.45, 7) is 2.01. The number of aromatic nitrogens is 1. The van der Waals surface area contributed by atoms with Crippen molar-refractivity contribution in [3.05, 3.63) is 64.8 Å². The molecule has 1 aromatic carbocycles. The van der Waals surface area contributed by atoms with Gasteiger partial charge in [0.05, 0.1) is 5.02 Å². The van der Waals surface area contributed by atoms with Gasteiger partial charge in [0.2, 0.25) is 5.91 Å². The number of hydrogen-bond acceptors (Lipinski definition) is 2. The van der Waals surface area contributed by atoms with Crippen LogP contribution in [0.4, 0.5) is 5.82 Å². The number of nitrogens with zero attached hydrogens (tertiary/aromatic N) is 1. The third kappa shape index (κ3) is 4.23. The third-order valence-electron chi connectivity index (χ3n) is 2.45. The molecular weight excluding hydrogens is 260 g/mol. The summed E-state index contributed by atoms with van der Waals surface area (Å²) >= 11 is 5.72. The summed E-state index contributed by atoms with van der Waals surface area (Å²) in [7, 11) is 0. The maximum atomic E-state index is 11.7. The third-order valence-corrected chi connectivity index (χ3v) is 2.67. The fourth-order valence-electron chi connectivity index (χ4n) is 1.56. The van der Waals surface area contributed by atoms with E-state index in [1.165, 1.54) is 12.3 Å². The average Bonchev–Trinajstić information content (AvgIpc) is 2.39. The van der Waals surface area contributed by atoms with Crippen molar-refractivity contribution in [2.75, 3.05) is 5.32 Å². The topological polar surface area (TPSA) is 42.0 Å². The van der Waals surface area contributed by atoms with E-state index in [-0.39, 0.29) is 5.91 Å². The molecular formula is C15H13ClN2O. The fraction of sp³-hybridized carbons (Fsp3) is 0.0667. The number of amides is 1. The second-order valence-corrected chi connectivity index (χ2v) is 4.53. The molecule has 0 atom stereocenters. The molecule has 0 fully saturated rings. The van der Waals surface area contributed by atoms with E-state index in [0.29, 0.717) is 10.8 Å². The van der Waals surface area contributed by atoms with Crippen LogP contribution in [0.5, 0.6) is 0 Å². The van der Waals surface area contributed by atoms with Crippen LogP contribution in [0.25, 0.3) is 6.08 Å². The SMILES string of the molecule is Cc1cccc(/C=C/C(=O)Nc2ccc(Cl)cn2)c1. The standard InChI is InChI=1S/C15H13ClN2O/c1-11-3-2-4-12(9-11)5-8-15(19)18-14-7-6-13(16)10-17-14/h2-10H,1H3,(H,17,18,19)/b8-5+. The molecule has 1 amide bonds. The Morgan fingerprint density at radius 2 is 2.16 bits per heavy atom. The molecule has 1 aromatic heterocycles. The van der Waals surface area contributed by atoms with Crippen LogP contribution in [-0.2, 0) is 4.79 Å². The molecule has 2 aromatic rings. The number of benzene rings is 1. The van der Waals surface area contributed by atoms with Crippen molar-refractivity contribution in [3.63, 3.8) is 0 Å². The van der Waals surface area contributed by atoms with Gasteiger partial charge in [0.25, 0.3) is 0 Å². The molecule has 3 nitrogen and oxygen atoms in total. The van der Waals surface area contributed by atoms with E-state index in [2.05, 4.69) is 10.3 Å². The Bertz CT molecular complexity index is 606. The van der Waals surface area contributed by atoms with Gasteiger partial charge in [-0.05, 0) is 30.7 Å². The largest absolute Gasteiger partial charge is 0.307 e. The first kappa shape index (κ1) is 13.3. The Labute approximate surface area is 116 Å². The van der Waals surface area contributed by atoms with Crippen molar-refractivity contribution in [2.45, 2.75) is 6.92 Å². The average molecular weight is 273 g/mol. The predicted octanol–water partition coefficient (Wildman–Crippen LogP) is 3.70. The number of aryl methyl sites for hydroxylation is 1. The smallest absolute Gasteiger partial charge is 0.249 e. The number of carbonyl (C=O) groups excluding carboxylic acids is 1.